The Morgan fingerprint density at radius 1 is 0.960 bits per heavy atom. The molecular weight excluding hydrogens is 320 g/mol. The Morgan fingerprint density at radius 3 is 2.12 bits per heavy atom. The van der Waals surface area contributed by atoms with Gasteiger partial charge in [0.1, 0.15) is 18.8 Å². The van der Waals surface area contributed by atoms with E-state index >= 15 is 0 Å². The molecule has 3 rings (SSSR count). The van der Waals surface area contributed by atoms with Crippen LogP contribution in [0.3, 0.4) is 0 Å². The summed E-state index contributed by atoms with van der Waals surface area (Å²) in [5, 5.41) is 0. The van der Waals surface area contributed by atoms with Gasteiger partial charge in [-0.05, 0) is 31.2 Å². The first kappa shape index (κ1) is 17.2. The summed E-state index contributed by atoms with van der Waals surface area (Å²) in [4.78, 5) is 24.3. The highest BCUT2D eigenvalue weighted by atomic mass is 16.6. The van der Waals surface area contributed by atoms with Gasteiger partial charge in [-0.2, -0.15) is 0 Å². The van der Waals surface area contributed by atoms with Crippen LogP contribution >= 0.6 is 0 Å². The van der Waals surface area contributed by atoms with E-state index in [4.69, 9.17) is 14.2 Å². The number of hydrogen-bond acceptors (Lipinski definition) is 5. The summed E-state index contributed by atoms with van der Waals surface area (Å²) in [5.41, 5.74) is 0.966. The first-order chi connectivity index (χ1) is 12.1. The molecule has 3 atom stereocenters. The van der Waals surface area contributed by atoms with Crippen LogP contribution in [0.1, 0.15) is 34.1 Å². The molecule has 1 heterocycles. The van der Waals surface area contributed by atoms with Crippen molar-refractivity contribution in [1.29, 1.82) is 0 Å². The number of ether oxygens (including phenoxy) is 3. The zero-order chi connectivity index (χ0) is 17.6. The van der Waals surface area contributed by atoms with Crippen LogP contribution in [-0.4, -0.2) is 36.9 Å². The predicted octanol–water partition coefficient (Wildman–Crippen LogP) is 3.25. The van der Waals surface area contributed by atoms with E-state index in [0.717, 1.165) is 0 Å². The van der Waals surface area contributed by atoms with Crippen LogP contribution in [-0.2, 0) is 14.2 Å². The second kappa shape index (κ2) is 7.94. The van der Waals surface area contributed by atoms with E-state index in [1.165, 1.54) is 0 Å². The lowest BCUT2D eigenvalue weighted by Crippen LogP contribution is -2.32. The van der Waals surface area contributed by atoms with Gasteiger partial charge in [0, 0.05) is 6.42 Å². The zero-order valence-electron chi connectivity index (χ0n) is 14.0. The molecule has 0 radical (unpaired) electrons. The molecular formula is C20H20O5. The second-order valence-corrected chi connectivity index (χ2v) is 6.00. The minimum atomic E-state index is -0.463. The summed E-state index contributed by atoms with van der Waals surface area (Å²) >= 11 is 0. The first-order valence-corrected chi connectivity index (χ1v) is 8.27. The Morgan fingerprint density at radius 2 is 1.52 bits per heavy atom. The van der Waals surface area contributed by atoms with Crippen LogP contribution in [0.4, 0.5) is 0 Å². The third-order valence-corrected chi connectivity index (χ3v) is 4.04. The van der Waals surface area contributed by atoms with Crippen LogP contribution in [0.25, 0.3) is 0 Å². The number of rotatable bonds is 5. The predicted molar refractivity (Wildman–Crippen MR) is 91.3 cm³/mol. The van der Waals surface area contributed by atoms with Crippen LogP contribution in [0, 0.1) is 0 Å². The van der Waals surface area contributed by atoms with Gasteiger partial charge in [0.15, 0.2) is 0 Å². The maximum absolute atomic E-state index is 12.2. The maximum Gasteiger partial charge on any atom is 0.338 e. The molecule has 0 aromatic heterocycles. The van der Waals surface area contributed by atoms with Crippen molar-refractivity contribution in [1.82, 2.24) is 0 Å². The van der Waals surface area contributed by atoms with Gasteiger partial charge >= 0.3 is 11.9 Å². The average Bonchev–Trinajstić information content (AvgIpc) is 3.00. The Labute approximate surface area is 146 Å². The van der Waals surface area contributed by atoms with E-state index in [1.807, 2.05) is 19.1 Å². The van der Waals surface area contributed by atoms with Crippen LogP contribution < -0.4 is 0 Å². The Hall–Kier alpha value is -2.66. The third kappa shape index (κ3) is 4.45. The fraction of sp³-hybridized carbons (Fsp3) is 0.300. The molecule has 0 amide bonds. The van der Waals surface area contributed by atoms with Crippen molar-refractivity contribution in [2.75, 3.05) is 6.61 Å². The molecule has 1 saturated heterocycles. The number of carbonyl (C=O) groups excluding carboxylic acids is 2. The average molecular weight is 340 g/mol. The van der Waals surface area contributed by atoms with E-state index in [1.54, 1.807) is 48.5 Å². The number of benzene rings is 2. The van der Waals surface area contributed by atoms with E-state index in [2.05, 4.69) is 0 Å². The summed E-state index contributed by atoms with van der Waals surface area (Å²) < 4.78 is 16.6. The highest BCUT2D eigenvalue weighted by molar-refractivity contribution is 5.90. The van der Waals surface area contributed by atoms with Gasteiger partial charge in [-0.1, -0.05) is 36.4 Å². The smallest absolute Gasteiger partial charge is 0.338 e. The van der Waals surface area contributed by atoms with Gasteiger partial charge in [0.25, 0.3) is 0 Å². The van der Waals surface area contributed by atoms with Crippen LogP contribution in [0.15, 0.2) is 60.7 Å². The Kier molecular flexibility index (Phi) is 5.46. The van der Waals surface area contributed by atoms with Crippen molar-refractivity contribution >= 4 is 11.9 Å². The van der Waals surface area contributed by atoms with E-state index < -0.39 is 24.1 Å². The molecule has 0 bridgehead atoms. The number of carbonyl (C=O) groups is 2. The minimum absolute atomic E-state index is 0.0464. The molecule has 1 unspecified atom stereocenters. The normalized spacial score (nSPS) is 22.4. The van der Waals surface area contributed by atoms with E-state index in [9.17, 15) is 9.59 Å². The largest absolute Gasteiger partial charge is 0.459 e. The van der Waals surface area contributed by atoms with Crippen molar-refractivity contribution in [3.8, 4) is 0 Å². The van der Waals surface area contributed by atoms with Crippen molar-refractivity contribution in [2.24, 2.45) is 0 Å². The van der Waals surface area contributed by atoms with E-state index in [-0.39, 0.29) is 12.7 Å². The van der Waals surface area contributed by atoms with Gasteiger partial charge in [0.05, 0.1) is 17.2 Å². The van der Waals surface area contributed by atoms with Crippen LogP contribution in [0.5, 0.6) is 0 Å². The minimum Gasteiger partial charge on any atom is -0.459 e. The van der Waals surface area contributed by atoms with Gasteiger partial charge in [-0.3, -0.25) is 0 Å². The first-order valence-electron chi connectivity index (χ1n) is 8.27. The fourth-order valence-electron chi connectivity index (χ4n) is 2.79. The van der Waals surface area contributed by atoms with Crippen molar-refractivity contribution in [3.05, 3.63) is 71.8 Å². The molecule has 130 valence electrons. The van der Waals surface area contributed by atoms with Crippen LogP contribution in [0.2, 0.25) is 0 Å². The zero-order valence-corrected chi connectivity index (χ0v) is 14.0. The lowest BCUT2D eigenvalue weighted by molar-refractivity contribution is -0.0394. The molecule has 0 saturated carbocycles. The molecule has 0 aliphatic carbocycles. The summed E-state index contributed by atoms with van der Waals surface area (Å²) in [6, 6.07) is 17.6. The molecule has 0 N–H and O–H groups in total. The van der Waals surface area contributed by atoms with Gasteiger partial charge in [0.2, 0.25) is 0 Å². The Balaban J connectivity index is 1.58. The van der Waals surface area contributed by atoms with Gasteiger partial charge in [-0.25, -0.2) is 9.59 Å². The molecule has 5 heteroatoms. The lowest BCUT2D eigenvalue weighted by Gasteiger charge is -2.19. The van der Waals surface area contributed by atoms with Crippen molar-refractivity contribution < 1.29 is 23.8 Å². The molecule has 25 heavy (non-hydrogen) atoms. The number of hydrogen-bond donors (Lipinski definition) is 0. The summed E-state index contributed by atoms with van der Waals surface area (Å²) in [6.07, 6.45) is -0.387. The Bertz CT molecular complexity index is 713. The fourth-order valence-corrected chi connectivity index (χ4v) is 2.79. The van der Waals surface area contributed by atoms with Gasteiger partial charge < -0.3 is 14.2 Å². The SMILES string of the molecule is CC1C[C@H](OC(=O)c2ccccc2)[C@@H](COC(=O)c2ccccc2)O1. The molecule has 1 fully saturated rings. The monoisotopic (exact) mass is 340 g/mol. The van der Waals surface area contributed by atoms with Gasteiger partial charge in [-0.15, -0.1) is 0 Å². The highest BCUT2D eigenvalue weighted by Gasteiger charge is 2.37. The summed E-state index contributed by atoms with van der Waals surface area (Å²) in [6.45, 7) is 1.95. The molecule has 2 aromatic carbocycles. The molecule has 5 nitrogen and oxygen atoms in total. The second-order valence-electron chi connectivity index (χ2n) is 6.00. The van der Waals surface area contributed by atoms with Crippen molar-refractivity contribution in [2.45, 2.75) is 31.7 Å². The molecule has 1 aliphatic heterocycles. The standard InChI is InChI=1S/C20H20O5/c1-14-12-17(25-20(22)16-10-6-3-7-11-16)18(24-14)13-23-19(21)15-8-4-2-5-9-15/h2-11,14,17-18H,12-13H2,1H3/t14?,17-,18+/m0/s1. The lowest BCUT2D eigenvalue weighted by atomic mass is 10.1. The maximum atomic E-state index is 12.2. The summed E-state index contributed by atoms with van der Waals surface area (Å²) in [5.74, 6) is -0.820. The number of esters is 2. The highest BCUT2D eigenvalue weighted by Crippen LogP contribution is 2.24. The topological polar surface area (TPSA) is 61.8 Å². The molecule has 0 spiro atoms. The molecule has 2 aromatic rings. The van der Waals surface area contributed by atoms with E-state index in [0.29, 0.717) is 17.5 Å². The third-order valence-electron chi connectivity index (χ3n) is 4.04. The quantitative estimate of drug-likeness (QED) is 0.782. The van der Waals surface area contributed by atoms with Crippen molar-refractivity contribution in [3.63, 3.8) is 0 Å². The molecule has 1 aliphatic rings. The summed E-state index contributed by atoms with van der Waals surface area (Å²) in [7, 11) is 0.